The molecule has 8 nitrogen and oxygen atoms in total. The number of urea groups is 1. The Morgan fingerprint density at radius 1 is 1.16 bits per heavy atom. The minimum absolute atomic E-state index is 0.0483. The molecule has 0 fully saturated rings. The molecule has 0 unspecified atom stereocenters. The molecule has 0 spiro atoms. The summed E-state index contributed by atoms with van der Waals surface area (Å²) in [6.45, 7) is 6.16. The Hall–Kier alpha value is -3.78. The maximum Gasteiger partial charge on any atom is 0.320 e. The highest BCUT2D eigenvalue weighted by Gasteiger charge is 2.16. The Morgan fingerprint density at radius 3 is 2.62 bits per heavy atom. The molecule has 3 aromatic rings. The number of carbonyl (C=O) groups is 1. The zero-order chi connectivity index (χ0) is 22.9. The predicted molar refractivity (Wildman–Crippen MR) is 127 cm³/mol. The summed E-state index contributed by atoms with van der Waals surface area (Å²) in [6.07, 6.45) is 4.56. The minimum atomic E-state index is -0.403. The van der Waals surface area contributed by atoms with Gasteiger partial charge in [0.15, 0.2) is 0 Å². The van der Waals surface area contributed by atoms with Gasteiger partial charge >= 0.3 is 6.03 Å². The van der Waals surface area contributed by atoms with Gasteiger partial charge in [-0.1, -0.05) is 30.3 Å². The van der Waals surface area contributed by atoms with E-state index in [2.05, 4.69) is 25.9 Å². The molecule has 0 aliphatic carbocycles. The van der Waals surface area contributed by atoms with Gasteiger partial charge in [0.25, 0.3) is 0 Å². The van der Waals surface area contributed by atoms with Crippen LogP contribution in [0.15, 0.2) is 60.9 Å². The van der Waals surface area contributed by atoms with Crippen molar-refractivity contribution >= 4 is 29.4 Å². The maximum atomic E-state index is 12.7. The molecule has 1 atom stereocenters. The molecule has 3 rings (SSSR count). The highest BCUT2D eigenvalue weighted by molar-refractivity contribution is 5.92. The second-order valence-electron chi connectivity index (χ2n) is 7.56. The first-order valence-electron chi connectivity index (χ1n) is 10.4. The largest absolute Gasteiger partial charge is 0.376 e. The third-order valence-corrected chi connectivity index (χ3v) is 4.61. The van der Waals surface area contributed by atoms with E-state index in [-0.39, 0.29) is 12.1 Å². The van der Waals surface area contributed by atoms with Gasteiger partial charge < -0.3 is 20.8 Å². The standard InChI is InChI=1S/C24H28N6O2/c1-16(2)32-15-22(18-7-5-4-6-8-18)29-24(31)30-23-12-19(13-25)21(14-27-23)28-20-9-10-26-17(3)11-20/h4-14,16,22,25H,15H2,1-3H3,(H,26,28)(H2,27,29,30,31)/t22-/m1/s1. The van der Waals surface area contributed by atoms with Crippen LogP contribution in [-0.4, -0.2) is 34.9 Å². The Kier molecular flexibility index (Phi) is 7.88. The molecule has 1 aromatic carbocycles. The minimum Gasteiger partial charge on any atom is -0.376 e. The normalized spacial score (nSPS) is 11.6. The van der Waals surface area contributed by atoms with E-state index in [1.165, 1.54) is 6.21 Å². The second kappa shape index (κ2) is 11.0. The third kappa shape index (κ3) is 6.61. The van der Waals surface area contributed by atoms with Crippen molar-refractivity contribution in [3.63, 3.8) is 0 Å². The number of benzene rings is 1. The molecule has 2 aromatic heterocycles. The summed E-state index contributed by atoms with van der Waals surface area (Å²) in [7, 11) is 0. The van der Waals surface area contributed by atoms with Crippen LogP contribution in [0.3, 0.4) is 0 Å². The van der Waals surface area contributed by atoms with Gasteiger partial charge in [0.2, 0.25) is 0 Å². The quantitative estimate of drug-likeness (QED) is 0.362. The molecular formula is C24H28N6O2. The van der Waals surface area contributed by atoms with Crippen molar-refractivity contribution in [2.45, 2.75) is 32.9 Å². The van der Waals surface area contributed by atoms with E-state index in [1.54, 1.807) is 18.5 Å². The van der Waals surface area contributed by atoms with E-state index in [0.29, 0.717) is 23.7 Å². The molecule has 8 heteroatoms. The molecule has 2 heterocycles. The van der Waals surface area contributed by atoms with Crippen LogP contribution in [0.25, 0.3) is 0 Å². The summed E-state index contributed by atoms with van der Waals surface area (Å²) < 4.78 is 5.73. The van der Waals surface area contributed by atoms with Crippen molar-refractivity contribution in [2.24, 2.45) is 0 Å². The molecule has 32 heavy (non-hydrogen) atoms. The summed E-state index contributed by atoms with van der Waals surface area (Å²) >= 11 is 0. The highest BCUT2D eigenvalue weighted by atomic mass is 16.5. The van der Waals surface area contributed by atoms with Gasteiger partial charge in [-0.15, -0.1) is 0 Å². The summed E-state index contributed by atoms with van der Waals surface area (Å²) in [4.78, 5) is 21.1. The lowest BCUT2D eigenvalue weighted by Crippen LogP contribution is -2.35. The number of nitrogens with one attached hydrogen (secondary N) is 4. The molecule has 0 aliphatic heterocycles. The number of ether oxygens (including phenoxy) is 1. The van der Waals surface area contributed by atoms with Crippen molar-refractivity contribution in [1.82, 2.24) is 15.3 Å². The number of pyridine rings is 2. The number of carbonyl (C=O) groups excluding carboxylic acids is 1. The third-order valence-electron chi connectivity index (χ3n) is 4.61. The van der Waals surface area contributed by atoms with Crippen LogP contribution in [0.2, 0.25) is 0 Å². The topological polar surface area (TPSA) is 112 Å². The first kappa shape index (κ1) is 22.9. The van der Waals surface area contributed by atoms with Crippen LogP contribution in [-0.2, 0) is 4.74 Å². The van der Waals surface area contributed by atoms with Gasteiger partial charge in [-0.3, -0.25) is 10.3 Å². The highest BCUT2D eigenvalue weighted by Crippen LogP contribution is 2.22. The number of nitrogens with zero attached hydrogens (tertiary/aromatic N) is 2. The van der Waals surface area contributed by atoms with Crippen LogP contribution in [0, 0.1) is 12.3 Å². The SMILES string of the molecule is Cc1cc(Nc2cnc(NC(=O)N[C@H](COC(C)C)c3ccccc3)cc2C=N)ccn1. The van der Waals surface area contributed by atoms with E-state index in [1.807, 2.05) is 63.2 Å². The van der Waals surface area contributed by atoms with Gasteiger partial charge in [-0.25, -0.2) is 9.78 Å². The number of amides is 2. The van der Waals surface area contributed by atoms with Crippen LogP contribution in [0.5, 0.6) is 0 Å². The number of aromatic nitrogens is 2. The number of anilines is 3. The van der Waals surface area contributed by atoms with E-state index in [4.69, 9.17) is 10.1 Å². The molecule has 0 saturated carbocycles. The lowest BCUT2D eigenvalue weighted by Gasteiger charge is -2.21. The monoisotopic (exact) mass is 432 g/mol. The molecule has 0 bridgehead atoms. The fourth-order valence-corrected chi connectivity index (χ4v) is 3.05. The number of hydrogen-bond donors (Lipinski definition) is 4. The average molecular weight is 433 g/mol. The van der Waals surface area contributed by atoms with Crippen molar-refractivity contribution in [2.75, 3.05) is 17.2 Å². The van der Waals surface area contributed by atoms with Crippen molar-refractivity contribution in [3.05, 3.63) is 77.7 Å². The number of aryl methyl sites for hydroxylation is 1. The molecular weight excluding hydrogens is 404 g/mol. The average Bonchev–Trinajstić information content (AvgIpc) is 2.78. The summed E-state index contributed by atoms with van der Waals surface area (Å²) in [5, 5.41) is 16.7. The Bertz CT molecular complexity index is 1060. The second-order valence-corrected chi connectivity index (χ2v) is 7.56. The molecule has 4 N–H and O–H groups in total. The molecule has 0 aliphatic rings. The molecule has 166 valence electrons. The van der Waals surface area contributed by atoms with E-state index in [0.717, 1.165) is 16.9 Å². The van der Waals surface area contributed by atoms with E-state index >= 15 is 0 Å². The van der Waals surface area contributed by atoms with Crippen molar-refractivity contribution in [3.8, 4) is 0 Å². The zero-order valence-electron chi connectivity index (χ0n) is 18.4. The Morgan fingerprint density at radius 2 is 1.94 bits per heavy atom. The zero-order valence-corrected chi connectivity index (χ0v) is 18.4. The first-order valence-corrected chi connectivity index (χ1v) is 10.4. The molecule has 2 amide bonds. The molecule has 0 saturated heterocycles. The fraction of sp³-hybridized carbons (Fsp3) is 0.250. The predicted octanol–water partition coefficient (Wildman–Crippen LogP) is 4.81. The lowest BCUT2D eigenvalue weighted by molar-refractivity contribution is 0.0632. The van der Waals surface area contributed by atoms with Gasteiger partial charge in [0.05, 0.1) is 30.6 Å². The Balaban J connectivity index is 1.69. The fourth-order valence-electron chi connectivity index (χ4n) is 3.05. The van der Waals surface area contributed by atoms with Crippen LogP contribution >= 0.6 is 0 Å². The van der Waals surface area contributed by atoms with Gasteiger partial charge in [-0.05, 0) is 44.5 Å². The van der Waals surface area contributed by atoms with Gasteiger partial charge in [0.1, 0.15) is 5.82 Å². The van der Waals surface area contributed by atoms with Crippen LogP contribution in [0.1, 0.15) is 36.7 Å². The molecule has 0 radical (unpaired) electrons. The first-order chi connectivity index (χ1) is 15.4. The summed E-state index contributed by atoms with van der Waals surface area (Å²) in [5.41, 5.74) is 3.92. The summed E-state index contributed by atoms with van der Waals surface area (Å²) in [6, 6.07) is 14.3. The number of rotatable bonds is 9. The lowest BCUT2D eigenvalue weighted by atomic mass is 10.1. The maximum absolute atomic E-state index is 12.7. The Labute approximate surface area is 188 Å². The van der Waals surface area contributed by atoms with Crippen LogP contribution in [0.4, 0.5) is 22.0 Å². The van der Waals surface area contributed by atoms with Gasteiger partial charge in [0, 0.05) is 29.4 Å². The van der Waals surface area contributed by atoms with Gasteiger partial charge in [-0.2, -0.15) is 0 Å². The van der Waals surface area contributed by atoms with E-state index < -0.39 is 6.03 Å². The van der Waals surface area contributed by atoms with Crippen molar-refractivity contribution in [1.29, 1.82) is 5.41 Å². The smallest absolute Gasteiger partial charge is 0.320 e. The van der Waals surface area contributed by atoms with Crippen LogP contribution < -0.4 is 16.0 Å². The van der Waals surface area contributed by atoms with E-state index in [9.17, 15) is 4.79 Å². The summed E-state index contributed by atoms with van der Waals surface area (Å²) in [5.74, 6) is 0.342. The number of hydrogen-bond acceptors (Lipinski definition) is 6. The van der Waals surface area contributed by atoms with Crippen molar-refractivity contribution < 1.29 is 9.53 Å².